The Balaban J connectivity index is 2.10. The molecular weight excluding hydrogens is 324 g/mol. The van der Waals surface area contributed by atoms with E-state index in [0.717, 1.165) is 11.4 Å². The molecule has 0 amide bonds. The molecule has 0 fully saturated rings. The molecule has 0 saturated heterocycles. The number of hydrogen-bond acceptors (Lipinski definition) is 5. The van der Waals surface area contributed by atoms with Crippen molar-refractivity contribution in [1.29, 1.82) is 0 Å². The Morgan fingerprint density at radius 2 is 1.95 bits per heavy atom. The van der Waals surface area contributed by atoms with Crippen molar-refractivity contribution in [2.45, 2.75) is 24.8 Å². The highest BCUT2D eigenvalue weighted by Crippen LogP contribution is 2.19. The van der Waals surface area contributed by atoms with E-state index in [1.807, 2.05) is 6.92 Å². The SMILES string of the molecule is Cc1cc(C)n2c(S(=O)(=O)Cc3cccc(Cl)c3)nnc2n1. The first-order valence-corrected chi connectivity index (χ1v) is 8.56. The first-order valence-electron chi connectivity index (χ1n) is 6.53. The van der Waals surface area contributed by atoms with E-state index in [2.05, 4.69) is 15.2 Å². The second kappa shape index (κ2) is 5.33. The summed E-state index contributed by atoms with van der Waals surface area (Å²) < 4.78 is 26.7. The molecule has 0 aliphatic carbocycles. The van der Waals surface area contributed by atoms with Crippen molar-refractivity contribution in [3.05, 3.63) is 52.3 Å². The lowest BCUT2D eigenvalue weighted by atomic mass is 10.2. The van der Waals surface area contributed by atoms with E-state index in [-0.39, 0.29) is 16.7 Å². The van der Waals surface area contributed by atoms with Gasteiger partial charge in [0.05, 0.1) is 5.75 Å². The van der Waals surface area contributed by atoms with Crippen molar-refractivity contribution < 1.29 is 8.42 Å². The van der Waals surface area contributed by atoms with Gasteiger partial charge in [0.1, 0.15) is 0 Å². The van der Waals surface area contributed by atoms with Crippen molar-refractivity contribution in [1.82, 2.24) is 19.6 Å². The molecule has 2 heterocycles. The number of sulfone groups is 1. The number of fused-ring (bicyclic) bond motifs is 1. The Kier molecular flexibility index (Phi) is 3.62. The third-order valence-electron chi connectivity index (χ3n) is 3.19. The van der Waals surface area contributed by atoms with Gasteiger partial charge in [0.2, 0.25) is 9.84 Å². The number of aryl methyl sites for hydroxylation is 2. The van der Waals surface area contributed by atoms with Gasteiger partial charge in [-0.3, -0.25) is 4.40 Å². The van der Waals surface area contributed by atoms with Crippen molar-refractivity contribution in [3.8, 4) is 0 Å². The average Bonchev–Trinajstić information content (AvgIpc) is 2.82. The molecule has 1 aromatic carbocycles. The van der Waals surface area contributed by atoms with E-state index in [1.54, 1.807) is 37.3 Å². The number of rotatable bonds is 3. The molecule has 0 N–H and O–H groups in total. The highest BCUT2D eigenvalue weighted by molar-refractivity contribution is 7.90. The molecule has 22 heavy (non-hydrogen) atoms. The zero-order valence-corrected chi connectivity index (χ0v) is 13.6. The first kappa shape index (κ1) is 14.9. The van der Waals surface area contributed by atoms with Crippen LogP contribution in [-0.4, -0.2) is 28.0 Å². The van der Waals surface area contributed by atoms with Crippen LogP contribution in [0.3, 0.4) is 0 Å². The topological polar surface area (TPSA) is 77.2 Å². The molecule has 0 unspecified atom stereocenters. The summed E-state index contributed by atoms with van der Waals surface area (Å²) in [5, 5.41) is 8.07. The second-order valence-corrected chi connectivity index (χ2v) is 7.37. The first-order chi connectivity index (χ1) is 10.4. The minimum atomic E-state index is -3.66. The smallest absolute Gasteiger partial charge is 0.254 e. The number of halogens is 1. The molecule has 3 rings (SSSR count). The highest BCUT2D eigenvalue weighted by atomic mass is 35.5. The van der Waals surface area contributed by atoms with Gasteiger partial charge in [-0.1, -0.05) is 23.7 Å². The lowest BCUT2D eigenvalue weighted by molar-refractivity contribution is 0.583. The number of hydrogen-bond donors (Lipinski definition) is 0. The fraction of sp³-hybridized carbons (Fsp3) is 0.214. The number of nitrogens with zero attached hydrogens (tertiary/aromatic N) is 4. The van der Waals surface area contributed by atoms with Crippen LogP contribution >= 0.6 is 11.6 Å². The Labute approximate surface area is 132 Å². The summed E-state index contributed by atoms with van der Waals surface area (Å²) in [6.07, 6.45) is 0. The molecule has 114 valence electrons. The largest absolute Gasteiger partial charge is 0.256 e. The van der Waals surface area contributed by atoms with Crippen molar-refractivity contribution in [2.75, 3.05) is 0 Å². The monoisotopic (exact) mass is 336 g/mol. The summed E-state index contributed by atoms with van der Waals surface area (Å²) in [5.74, 6) is 0.0870. The molecule has 2 aromatic heterocycles. The van der Waals surface area contributed by atoms with E-state index in [4.69, 9.17) is 11.6 Å². The quantitative estimate of drug-likeness (QED) is 0.733. The molecule has 3 aromatic rings. The summed E-state index contributed by atoms with van der Waals surface area (Å²) in [4.78, 5) is 4.20. The fourth-order valence-electron chi connectivity index (χ4n) is 2.31. The van der Waals surface area contributed by atoms with E-state index in [9.17, 15) is 8.42 Å². The lowest BCUT2D eigenvalue weighted by Crippen LogP contribution is -2.11. The molecule has 0 aliphatic heterocycles. The van der Waals surface area contributed by atoms with E-state index in [0.29, 0.717) is 10.6 Å². The predicted octanol–water partition coefficient (Wildman–Crippen LogP) is 2.37. The van der Waals surface area contributed by atoms with Crippen LogP contribution in [0.5, 0.6) is 0 Å². The second-order valence-electron chi connectivity index (χ2n) is 5.05. The Hall–Kier alpha value is -1.99. The standard InChI is InChI=1S/C14H13ClN4O2S/c1-9-6-10(2)19-13(16-9)17-18-14(19)22(20,21)8-11-4-3-5-12(15)7-11/h3-7H,8H2,1-2H3. The molecule has 0 saturated carbocycles. The van der Waals surface area contributed by atoms with Crippen LogP contribution in [0.25, 0.3) is 5.78 Å². The Morgan fingerprint density at radius 1 is 1.18 bits per heavy atom. The zero-order chi connectivity index (χ0) is 15.9. The lowest BCUT2D eigenvalue weighted by Gasteiger charge is -2.06. The van der Waals surface area contributed by atoms with Crippen molar-refractivity contribution in [2.24, 2.45) is 0 Å². The maximum Gasteiger partial charge on any atom is 0.256 e. The van der Waals surface area contributed by atoms with E-state index in [1.165, 1.54) is 4.40 Å². The molecule has 0 radical (unpaired) electrons. The molecule has 6 nitrogen and oxygen atoms in total. The van der Waals surface area contributed by atoms with Crippen LogP contribution in [0.2, 0.25) is 5.02 Å². The summed E-state index contributed by atoms with van der Waals surface area (Å²) in [6, 6.07) is 8.53. The van der Waals surface area contributed by atoms with Crippen LogP contribution in [0.1, 0.15) is 17.0 Å². The molecule has 0 spiro atoms. The van der Waals surface area contributed by atoms with Gasteiger partial charge in [-0.2, -0.15) is 0 Å². The maximum atomic E-state index is 12.6. The highest BCUT2D eigenvalue weighted by Gasteiger charge is 2.24. The minimum Gasteiger partial charge on any atom is -0.254 e. The van der Waals surface area contributed by atoms with Crippen LogP contribution in [-0.2, 0) is 15.6 Å². The van der Waals surface area contributed by atoms with Gasteiger partial charge < -0.3 is 0 Å². The van der Waals surface area contributed by atoms with Crippen LogP contribution in [0, 0.1) is 13.8 Å². The summed E-state index contributed by atoms with van der Waals surface area (Å²) in [5.41, 5.74) is 2.08. The predicted molar refractivity (Wildman–Crippen MR) is 82.6 cm³/mol. The Morgan fingerprint density at radius 3 is 2.68 bits per heavy atom. The van der Waals surface area contributed by atoms with Gasteiger partial charge in [-0.25, -0.2) is 13.4 Å². The van der Waals surface area contributed by atoms with Crippen molar-refractivity contribution in [3.63, 3.8) is 0 Å². The van der Waals surface area contributed by atoms with E-state index >= 15 is 0 Å². The zero-order valence-electron chi connectivity index (χ0n) is 12.0. The molecule has 0 aliphatic rings. The average molecular weight is 337 g/mol. The van der Waals surface area contributed by atoms with E-state index < -0.39 is 9.84 Å². The third-order valence-corrected chi connectivity index (χ3v) is 4.96. The van der Waals surface area contributed by atoms with Gasteiger partial charge in [0.15, 0.2) is 0 Å². The molecular formula is C14H13ClN4O2S. The van der Waals surface area contributed by atoms with Crippen LogP contribution < -0.4 is 0 Å². The van der Waals surface area contributed by atoms with Gasteiger partial charge >= 0.3 is 0 Å². The van der Waals surface area contributed by atoms with Gasteiger partial charge in [-0.15, -0.1) is 10.2 Å². The fourth-order valence-corrected chi connectivity index (χ4v) is 3.94. The molecule has 8 heteroatoms. The minimum absolute atomic E-state index is 0.104. The molecule has 0 atom stereocenters. The summed E-state index contributed by atoms with van der Waals surface area (Å²) in [7, 11) is -3.66. The van der Waals surface area contributed by atoms with Gasteiger partial charge in [0, 0.05) is 16.4 Å². The van der Waals surface area contributed by atoms with Crippen molar-refractivity contribution >= 4 is 27.2 Å². The van der Waals surface area contributed by atoms with Crippen LogP contribution in [0.15, 0.2) is 35.5 Å². The summed E-state index contributed by atoms with van der Waals surface area (Å²) in [6.45, 7) is 3.62. The molecule has 0 bridgehead atoms. The number of benzene rings is 1. The van der Waals surface area contributed by atoms with Gasteiger partial charge in [0.25, 0.3) is 10.9 Å². The number of aromatic nitrogens is 4. The summed E-state index contributed by atoms with van der Waals surface area (Å²) >= 11 is 5.90. The van der Waals surface area contributed by atoms with Crippen LogP contribution in [0.4, 0.5) is 0 Å². The maximum absolute atomic E-state index is 12.6. The third kappa shape index (κ3) is 2.69. The normalized spacial score (nSPS) is 12.0. The van der Waals surface area contributed by atoms with Gasteiger partial charge in [-0.05, 0) is 37.6 Å². The Bertz CT molecular complexity index is 966.